The molecule has 1 aliphatic rings. The molecule has 1 saturated heterocycles. The fraction of sp³-hybridized carbons (Fsp3) is 0.417. The van der Waals surface area contributed by atoms with Gasteiger partial charge in [0.05, 0.1) is 12.2 Å². The molecule has 0 saturated carbocycles. The molecule has 3 heterocycles. The van der Waals surface area contributed by atoms with Crippen molar-refractivity contribution in [3.8, 4) is 11.5 Å². The molecule has 6 heteroatoms. The second-order valence-corrected chi connectivity index (χ2v) is 4.21. The molecular weight excluding hydrogens is 232 g/mol. The molecule has 1 fully saturated rings. The maximum absolute atomic E-state index is 5.57. The van der Waals surface area contributed by atoms with Crippen molar-refractivity contribution in [2.45, 2.75) is 13.0 Å². The Morgan fingerprint density at radius 2 is 2.33 bits per heavy atom. The molecule has 18 heavy (non-hydrogen) atoms. The smallest absolute Gasteiger partial charge is 0.259 e. The summed E-state index contributed by atoms with van der Waals surface area (Å²) in [5.41, 5.74) is 1.78. The van der Waals surface area contributed by atoms with E-state index in [1.165, 1.54) is 0 Å². The standard InChI is InChI=1S/C12H14N4O2/c1-8-2-3-9(6-14-8)12-15-11(16-18-12)10-7-13-4-5-17-10/h2-3,6,10,13H,4-5,7H2,1H3. The van der Waals surface area contributed by atoms with E-state index in [1.54, 1.807) is 6.20 Å². The molecule has 2 aromatic rings. The van der Waals surface area contributed by atoms with Gasteiger partial charge >= 0.3 is 0 Å². The van der Waals surface area contributed by atoms with E-state index in [2.05, 4.69) is 20.4 Å². The van der Waals surface area contributed by atoms with Crippen LogP contribution in [0.5, 0.6) is 0 Å². The Balaban J connectivity index is 1.82. The summed E-state index contributed by atoms with van der Waals surface area (Å²) in [5, 5.41) is 7.19. The average molecular weight is 246 g/mol. The Bertz CT molecular complexity index is 517. The molecular formula is C12H14N4O2. The van der Waals surface area contributed by atoms with E-state index in [1.807, 2.05) is 19.1 Å². The van der Waals surface area contributed by atoms with Gasteiger partial charge in [-0.15, -0.1) is 0 Å². The Labute approximate surface area is 104 Å². The number of aryl methyl sites for hydroxylation is 1. The first-order valence-corrected chi connectivity index (χ1v) is 5.92. The Morgan fingerprint density at radius 3 is 3.06 bits per heavy atom. The zero-order chi connectivity index (χ0) is 12.4. The Kier molecular flexibility index (Phi) is 3.04. The van der Waals surface area contributed by atoms with E-state index in [9.17, 15) is 0 Å². The van der Waals surface area contributed by atoms with Gasteiger partial charge in [-0.2, -0.15) is 4.98 Å². The molecule has 1 atom stereocenters. The van der Waals surface area contributed by atoms with Gasteiger partial charge in [-0.25, -0.2) is 0 Å². The fourth-order valence-corrected chi connectivity index (χ4v) is 1.81. The van der Waals surface area contributed by atoms with Crippen LogP contribution in [0.25, 0.3) is 11.5 Å². The quantitative estimate of drug-likeness (QED) is 0.855. The van der Waals surface area contributed by atoms with E-state index in [-0.39, 0.29) is 6.10 Å². The van der Waals surface area contributed by atoms with Gasteiger partial charge < -0.3 is 14.6 Å². The SMILES string of the molecule is Cc1ccc(-c2nc(C3CNCCO3)no2)cn1. The molecule has 6 nitrogen and oxygen atoms in total. The van der Waals surface area contributed by atoms with Crippen molar-refractivity contribution in [3.05, 3.63) is 29.8 Å². The topological polar surface area (TPSA) is 73.1 Å². The first-order valence-electron chi connectivity index (χ1n) is 5.92. The summed E-state index contributed by atoms with van der Waals surface area (Å²) in [6.45, 7) is 4.18. The second kappa shape index (κ2) is 4.83. The van der Waals surface area contributed by atoms with Crippen LogP contribution in [0, 0.1) is 6.92 Å². The van der Waals surface area contributed by atoms with Crippen LogP contribution in [0.2, 0.25) is 0 Å². The van der Waals surface area contributed by atoms with Crippen LogP contribution >= 0.6 is 0 Å². The van der Waals surface area contributed by atoms with E-state index < -0.39 is 0 Å². The maximum Gasteiger partial charge on any atom is 0.259 e. The van der Waals surface area contributed by atoms with Crippen molar-refractivity contribution in [2.24, 2.45) is 0 Å². The molecule has 1 N–H and O–H groups in total. The van der Waals surface area contributed by atoms with Crippen molar-refractivity contribution >= 4 is 0 Å². The highest BCUT2D eigenvalue weighted by molar-refractivity contribution is 5.50. The lowest BCUT2D eigenvalue weighted by Gasteiger charge is -2.20. The molecule has 3 rings (SSSR count). The molecule has 0 bridgehead atoms. The van der Waals surface area contributed by atoms with Gasteiger partial charge in [-0.05, 0) is 19.1 Å². The van der Waals surface area contributed by atoms with E-state index in [0.717, 1.165) is 17.8 Å². The lowest BCUT2D eigenvalue weighted by atomic mass is 10.2. The van der Waals surface area contributed by atoms with Crippen LogP contribution in [0.3, 0.4) is 0 Å². The average Bonchev–Trinajstić information content (AvgIpc) is 2.90. The zero-order valence-corrected chi connectivity index (χ0v) is 10.1. The predicted octanol–water partition coefficient (Wildman–Crippen LogP) is 1.10. The first kappa shape index (κ1) is 11.3. The van der Waals surface area contributed by atoms with Crippen molar-refractivity contribution < 1.29 is 9.26 Å². The number of aromatic nitrogens is 3. The van der Waals surface area contributed by atoms with Gasteiger partial charge in [0.15, 0.2) is 0 Å². The lowest BCUT2D eigenvalue weighted by Crippen LogP contribution is -2.33. The third kappa shape index (κ3) is 2.25. The molecule has 0 amide bonds. The normalized spacial score (nSPS) is 19.9. The second-order valence-electron chi connectivity index (χ2n) is 4.21. The minimum atomic E-state index is -0.130. The van der Waals surface area contributed by atoms with Crippen LogP contribution < -0.4 is 5.32 Å². The summed E-state index contributed by atoms with van der Waals surface area (Å²) in [4.78, 5) is 8.56. The van der Waals surface area contributed by atoms with Gasteiger partial charge in [0.25, 0.3) is 5.89 Å². The summed E-state index contributed by atoms with van der Waals surface area (Å²) in [5.74, 6) is 1.06. The summed E-state index contributed by atoms with van der Waals surface area (Å²) in [6, 6.07) is 3.83. The number of pyridine rings is 1. The van der Waals surface area contributed by atoms with Gasteiger partial charge in [0, 0.05) is 25.0 Å². The predicted molar refractivity (Wildman–Crippen MR) is 63.8 cm³/mol. The summed E-state index contributed by atoms with van der Waals surface area (Å²) in [6.07, 6.45) is 1.60. The molecule has 2 aromatic heterocycles. The molecule has 94 valence electrons. The summed E-state index contributed by atoms with van der Waals surface area (Å²) in [7, 11) is 0. The molecule has 0 radical (unpaired) electrons. The number of ether oxygens (including phenoxy) is 1. The lowest BCUT2D eigenvalue weighted by molar-refractivity contribution is 0.0208. The fourth-order valence-electron chi connectivity index (χ4n) is 1.81. The number of nitrogens with one attached hydrogen (secondary N) is 1. The van der Waals surface area contributed by atoms with Crippen molar-refractivity contribution in [1.29, 1.82) is 0 Å². The highest BCUT2D eigenvalue weighted by Gasteiger charge is 2.21. The number of morpholine rings is 1. The third-order valence-electron chi connectivity index (χ3n) is 2.82. The summed E-state index contributed by atoms with van der Waals surface area (Å²) >= 11 is 0. The number of rotatable bonds is 2. The van der Waals surface area contributed by atoms with Crippen LogP contribution in [-0.4, -0.2) is 34.8 Å². The van der Waals surface area contributed by atoms with E-state index >= 15 is 0 Å². The molecule has 0 aliphatic carbocycles. The first-order chi connectivity index (χ1) is 8.83. The van der Waals surface area contributed by atoms with Gasteiger partial charge in [0.1, 0.15) is 6.10 Å². The van der Waals surface area contributed by atoms with Crippen LogP contribution in [0.4, 0.5) is 0 Å². The van der Waals surface area contributed by atoms with Crippen LogP contribution in [0.15, 0.2) is 22.9 Å². The largest absolute Gasteiger partial charge is 0.367 e. The highest BCUT2D eigenvalue weighted by atomic mass is 16.5. The van der Waals surface area contributed by atoms with Crippen LogP contribution in [0.1, 0.15) is 17.6 Å². The Morgan fingerprint density at radius 1 is 1.39 bits per heavy atom. The highest BCUT2D eigenvalue weighted by Crippen LogP contribution is 2.21. The minimum Gasteiger partial charge on any atom is -0.367 e. The maximum atomic E-state index is 5.57. The van der Waals surface area contributed by atoms with E-state index in [4.69, 9.17) is 9.26 Å². The van der Waals surface area contributed by atoms with Crippen molar-refractivity contribution in [2.75, 3.05) is 19.7 Å². The van der Waals surface area contributed by atoms with Gasteiger partial charge in [0.2, 0.25) is 5.82 Å². The summed E-state index contributed by atoms with van der Waals surface area (Å²) < 4.78 is 10.8. The number of hydrogen-bond acceptors (Lipinski definition) is 6. The molecule has 1 aliphatic heterocycles. The van der Waals surface area contributed by atoms with E-state index in [0.29, 0.717) is 24.9 Å². The minimum absolute atomic E-state index is 0.130. The molecule has 0 spiro atoms. The monoisotopic (exact) mass is 246 g/mol. The third-order valence-corrected chi connectivity index (χ3v) is 2.82. The van der Waals surface area contributed by atoms with Crippen molar-refractivity contribution in [3.63, 3.8) is 0 Å². The molecule has 1 unspecified atom stereocenters. The number of nitrogens with zero attached hydrogens (tertiary/aromatic N) is 3. The van der Waals surface area contributed by atoms with Crippen LogP contribution in [-0.2, 0) is 4.74 Å². The Hall–Kier alpha value is -1.79. The van der Waals surface area contributed by atoms with Crippen molar-refractivity contribution in [1.82, 2.24) is 20.4 Å². The number of hydrogen-bond donors (Lipinski definition) is 1. The van der Waals surface area contributed by atoms with Gasteiger partial charge in [-0.1, -0.05) is 5.16 Å². The zero-order valence-electron chi connectivity index (χ0n) is 10.1. The molecule has 0 aromatic carbocycles. The van der Waals surface area contributed by atoms with Gasteiger partial charge in [-0.3, -0.25) is 4.98 Å².